The van der Waals surface area contributed by atoms with Crippen molar-refractivity contribution in [2.24, 2.45) is 0 Å². The van der Waals surface area contributed by atoms with Gasteiger partial charge in [-0.05, 0) is 608 Å². The van der Waals surface area contributed by atoms with Gasteiger partial charge in [0, 0.05) is 0 Å². The normalized spacial score (nSPS) is 11.8. The summed E-state index contributed by atoms with van der Waals surface area (Å²) in [6, 6.07) is 0. The number of rotatable bonds is 25. The zero-order valence-corrected chi connectivity index (χ0v) is 87.5. The molecule has 0 aliphatic rings. The third-order valence-electron chi connectivity index (χ3n) is 31.7. The molecule has 0 saturated heterocycles. The third kappa shape index (κ3) is 17.2. The van der Waals surface area contributed by atoms with E-state index < -0.39 is 33.5 Å². The summed E-state index contributed by atoms with van der Waals surface area (Å²) in [5, 5.41) is 0. The molecule has 0 bridgehead atoms. The van der Waals surface area contributed by atoms with Gasteiger partial charge in [0.2, 0.25) is 0 Å². The summed E-state index contributed by atoms with van der Waals surface area (Å²) in [7, 11) is -7.76. The second kappa shape index (κ2) is 37.1. The Labute approximate surface area is 743 Å². The zero-order chi connectivity index (χ0) is 91.4. The maximum atomic E-state index is 8.08. The molecule has 0 spiro atoms. The molecule has 8 nitrogen and oxygen atoms in total. The molecule has 10 aromatic carbocycles. The first-order valence-corrected chi connectivity index (χ1v) is 49.5. The molecule has 0 atom stereocenters. The summed E-state index contributed by atoms with van der Waals surface area (Å²) >= 11 is 0. The van der Waals surface area contributed by atoms with Crippen molar-refractivity contribution in [2.75, 3.05) is 0 Å². The largest absolute Gasteiger partial charge is 0.438 e. The summed E-state index contributed by atoms with van der Waals surface area (Å²) in [6.45, 7) is 104. The number of hydrogen-bond acceptors (Lipinski definition) is 8. The molecular weight excluding hydrogens is 1570 g/mol. The van der Waals surface area contributed by atoms with Crippen molar-refractivity contribution >= 4 is 33.5 Å². The third-order valence-corrected chi connectivity index (χ3v) is 37.0. The highest BCUT2D eigenvalue weighted by molar-refractivity contribution is 7.48. The minimum atomic E-state index is -1.94. The van der Waals surface area contributed by atoms with Gasteiger partial charge >= 0.3 is 0 Å². The van der Waals surface area contributed by atoms with Crippen LogP contribution in [-0.4, -0.2) is 0 Å². The van der Waals surface area contributed by atoms with Gasteiger partial charge in [-0.1, -0.05) is 0 Å². The lowest BCUT2D eigenvalue weighted by Gasteiger charge is -2.34. The average molecular weight is 1720 g/mol. The molecule has 0 heterocycles. The molecule has 0 saturated carbocycles. The molecule has 0 aliphatic carbocycles. The highest BCUT2D eigenvalue weighted by atomic mass is 31.2. The van der Waals surface area contributed by atoms with Gasteiger partial charge in [-0.3, -0.25) is 0 Å². The average Bonchev–Trinajstić information content (AvgIpc) is 0.725. The van der Waals surface area contributed by atoms with Crippen molar-refractivity contribution in [1.82, 2.24) is 0 Å². The first-order valence-electron chi connectivity index (χ1n) is 44.0. The maximum absolute atomic E-state index is 8.08. The molecule has 10 rings (SSSR count). The van der Waals surface area contributed by atoms with Gasteiger partial charge in [-0.15, -0.1) is 0 Å². The standard InChI is InChI=1S/C110H146O8P4/c1-51-59(9)81(31)103(82(32)60(51)10)111-119(112-104-83(33)61(11)52(2)62(12)84(104)34)47-97-77(27)75(25)78(28)98(48-120(113-105-85(35)63(13)53(3)64(14)86(105)36)114-106-87(37)65(15)54(4)66(16)88(106)38)101(97)102-99(49-121(115-107-89(39)67(17)55(5)68(18)90(107)40)116-108-91(41)69(19)56(6)70(20)92(108)42)79(29)76(26)80(30)100(102)50-122(117-109-93(43)71(21)57(7)72(22)94(109)44)118-110-95(45)73(23)58(8)74(24)96(110)46/h47-50H2,1-46H3. The zero-order valence-electron chi connectivity index (χ0n) is 83.9. The van der Waals surface area contributed by atoms with E-state index in [9.17, 15) is 0 Å². The van der Waals surface area contributed by atoms with Crippen LogP contribution in [0.4, 0.5) is 0 Å². The van der Waals surface area contributed by atoms with E-state index in [-0.39, 0.29) is 0 Å². The fourth-order valence-corrected chi connectivity index (χ4v) is 25.6. The Balaban J connectivity index is 1.48. The van der Waals surface area contributed by atoms with E-state index in [1.165, 1.54) is 145 Å². The fourth-order valence-electron chi connectivity index (χ4n) is 18.5. The summed E-state index contributed by atoms with van der Waals surface area (Å²) in [6.07, 6.45) is 1.55. The van der Waals surface area contributed by atoms with Crippen molar-refractivity contribution in [3.63, 3.8) is 0 Å². The Hall–Kier alpha value is -7.68. The van der Waals surface area contributed by atoms with E-state index in [2.05, 4.69) is 318 Å². The lowest BCUT2D eigenvalue weighted by molar-refractivity contribution is 0.476. The minimum absolute atomic E-state index is 0.388. The topological polar surface area (TPSA) is 73.8 Å². The molecule has 654 valence electrons. The van der Waals surface area contributed by atoms with Gasteiger partial charge in [0.15, 0.2) is 0 Å². The van der Waals surface area contributed by atoms with Crippen LogP contribution >= 0.6 is 33.5 Å². The quantitative estimate of drug-likeness (QED) is 0.0524. The summed E-state index contributed by atoms with van der Waals surface area (Å²) in [4.78, 5) is 0. The number of hydrogen-bond donors (Lipinski definition) is 0. The van der Waals surface area contributed by atoms with Crippen molar-refractivity contribution in [3.8, 4) is 57.1 Å². The lowest BCUT2D eigenvalue weighted by atomic mass is 9.80. The monoisotopic (exact) mass is 1720 g/mol. The minimum Gasteiger partial charge on any atom is -0.438 e. The molecule has 0 unspecified atom stereocenters. The van der Waals surface area contributed by atoms with E-state index in [0.717, 1.165) is 191 Å². The van der Waals surface area contributed by atoms with Gasteiger partial charge in [0.1, 0.15) is 46.0 Å². The van der Waals surface area contributed by atoms with Crippen molar-refractivity contribution in [3.05, 3.63) is 278 Å². The van der Waals surface area contributed by atoms with Crippen molar-refractivity contribution < 1.29 is 36.2 Å². The van der Waals surface area contributed by atoms with Crippen LogP contribution in [0.15, 0.2) is 0 Å². The van der Waals surface area contributed by atoms with Gasteiger partial charge < -0.3 is 36.2 Å². The van der Waals surface area contributed by atoms with Crippen LogP contribution in [0.25, 0.3) is 11.1 Å². The highest BCUT2D eigenvalue weighted by Gasteiger charge is 2.39. The van der Waals surface area contributed by atoms with Crippen LogP contribution in [0.5, 0.6) is 46.0 Å². The molecule has 0 amide bonds. The molecular formula is C110H146O8P4. The van der Waals surface area contributed by atoms with E-state index >= 15 is 0 Å². The van der Waals surface area contributed by atoms with Crippen molar-refractivity contribution in [2.45, 2.75) is 343 Å². The number of benzene rings is 10. The molecule has 0 aliphatic heterocycles. The van der Waals surface area contributed by atoms with Gasteiger partial charge in [0.25, 0.3) is 33.5 Å². The summed E-state index contributed by atoms with van der Waals surface area (Å²) < 4.78 is 64.6. The Kier molecular flexibility index (Phi) is 29.3. The Bertz CT molecular complexity index is 4750. The molecule has 122 heavy (non-hydrogen) atoms. The molecule has 12 heteroatoms. The fraction of sp³-hybridized carbons (Fsp3) is 0.455. The highest BCUT2D eigenvalue weighted by Crippen LogP contribution is 2.61. The van der Waals surface area contributed by atoms with E-state index in [4.69, 9.17) is 36.2 Å². The van der Waals surface area contributed by atoms with Gasteiger partial charge in [0.05, 0.1) is 24.6 Å². The molecule has 0 radical (unpaired) electrons. The van der Waals surface area contributed by atoms with Crippen LogP contribution in [0.2, 0.25) is 0 Å². The van der Waals surface area contributed by atoms with Crippen LogP contribution in [0.1, 0.15) is 278 Å². The van der Waals surface area contributed by atoms with Gasteiger partial charge in [-0.2, -0.15) is 0 Å². The molecule has 0 fully saturated rings. The maximum Gasteiger partial charge on any atom is 0.295 e. The summed E-state index contributed by atoms with van der Waals surface area (Å²) in [5.74, 6) is 6.94. The SMILES string of the molecule is Cc1c(C)c(C)c(OP(Cc2c(C)c(C)c(C)c(CP(Oc3c(C)c(C)c(C)c(C)c3C)Oc3c(C)c(C)c(C)c(C)c3C)c2-c2c(CP(Oc3c(C)c(C)c(C)c(C)c3C)Oc3c(C)c(C)c(C)c(C)c3C)c(C)c(C)c(C)c2CP(Oc2c(C)c(C)c(C)c(C)c2C)Oc2c(C)c(C)c(C)c(C)c2C)Oc2c(C)c(C)c(C)c(C)c2C)c(C)c1C. The van der Waals surface area contributed by atoms with Crippen LogP contribution in [0, 0.1) is 318 Å². The second-order valence-corrected chi connectivity index (χ2v) is 42.1. The second-order valence-electron chi connectivity index (χ2n) is 36.7. The van der Waals surface area contributed by atoms with Crippen LogP contribution in [0.3, 0.4) is 0 Å². The molecule has 0 N–H and O–H groups in total. The van der Waals surface area contributed by atoms with E-state index in [1.807, 2.05) is 0 Å². The predicted octanol–water partition coefficient (Wildman–Crippen LogP) is 33.4. The van der Waals surface area contributed by atoms with Crippen LogP contribution in [-0.2, 0) is 24.6 Å². The smallest absolute Gasteiger partial charge is 0.295 e. The van der Waals surface area contributed by atoms with E-state index in [0.29, 0.717) is 24.6 Å². The Morgan fingerprint density at radius 2 is 0.180 bits per heavy atom. The summed E-state index contributed by atoms with van der Waals surface area (Å²) in [5.41, 5.74) is 61.1. The van der Waals surface area contributed by atoms with Crippen molar-refractivity contribution in [1.29, 1.82) is 0 Å². The van der Waals surface area contributed by atoms with Crippen LogP contribution < -0.4 is 36.2 Å². The van der Waals surface area contributed by atoms with Gasteiger partial charge in [-0.25, -0.2) is 0 Å². The lowest BCUT2D eigenvalue weighted by Crippen LogP contribution is -2.16. The Morgan fingerprint density at radius 1 is 0.107 bits per heavy atom. The van der Waals surface area contributed by atoms with E-state index in [1.54, 1.807) is 0 Å². The Morgan fingerprint density at radius 3 is 0.270 bits per heavy atom. The molecule has 10 aromatic rings. The first kappa shape index (κ1) is 96.5. The first-order chi connectivity index (χ1) is 56.7. The molecule has 0 aromatic heterocycles. The predicted molar refractivity (Wildman–Crippen MR) is 529 cm³/mol.